The first kappa shape index (κ1) is 15.9. The molecule has 1 unspecified atom stereocenters. The van der Waals surface area contributed by atoms with Crippen molar-refractivity contribution in [3.05, 3.63) is 29.8 Å². The van der Waals surface area contributed by atoms with E-state index in [4.69, 9.17) is 0 Å². The standard InChI is InChI=1S/C14H20N2O4S/c1-2-3-11-4-6-12(7-5-11)21(19,20)16-9-8-15-10-13(16)14(17)18/h4-7,13,15H,2-3,8-10H2,1H3,(H,17,18). The molecule has 1 saturated heterocycles. The van der Waals surface area contributed by atoms with Crippen LogP contribution in [0.2, 0.25) is 0 Å². The van der Waals surface area contributed by atoms with Crippen LogP contribution >= 0.6 is 0 Å². The fraction of sp³-hybridized carbons (Fsp3) is 0.500. The molecule has 1 aliphatic rings. The van der Waals surface area contributed by atoms with Crippen molar-refractivity contribution in [3.63, 3.8) is 0 Å². The fourth-order valence-electron chi connectivity index (χ4n) is 2.44. The van der Waals surface area contributed by atoms with E-state index in [0.29, 0.717) is 6.54 Å². The zero-order valence-electron chi connectivity index (χ0n) is 11.9. The van der Waals surface area contributed by atoms with Crippen LogP contribution < -0.4 is 5.32 Å². The SMILES string of the molecule is CCCc1ccc(S(=O)(=O)N2CCNCC2C(=O)O)cc1. The molecular weight excluding hydrogens is 292 g/mol. The van der Waals surface area contributed by atoms with Crippen molar-refractivity contribution < 1.29 is 18.3 Å². The molecule has 1 aromatic carbocycles. The molecular formula is C14H20N2O4S. The normalized spacial score (nSPS) is 20.3. The van der Waals surface area contributed by atoms with Crippen LogP contribution in [0.5, 0.6) is 0 Å². The number of aryl methyl sites for hydroxylation is 1. The summed E-state index contributed by atoms with van der Waals surface area (Å²) < 4.78 is 26.3. The number of hydrogen-bond acceptors (Lipinski definition) is 4. The van der Waals surface area contributed by atoms with Gasteiger partial charge in [0.2, 0.25) is 10.0 Å². The van der Waals surface area contributed by atoms with Gasteiger partial charge in [-0.15, -0.1) is 0 Å². The number of benzene rings is 1. The average molecular weight is 312 g/mol. The van der Waals surface area contributed by atoms with Crippen LogP contribution in [0.25, 0.3) is 0 Å². The number of carbonyl (C=O) groups is 1. The van der Waals surface area contributed by atoms with Gasteiger partial charge in [0, 0.05) is 19.6 Å². The van der Waals surface area contributed by atoms with Crippen molar-refractivity contribution in [3.8, 4) is 0 Å². The molecule has 0 bridgehead atoms. The van der Waals surface area contributed by atoms with E-state index < -0.39 is 22.0 Å². The maximum absolute atomic E-state index is 12.6. The quantitative estimate of drug-likeness (QED) is 0.835. The first-order valence-corrected chi connectivity index (χ1v) is 8.45. The smallest absolute Gasteiger partial charge is 0.323 e. The third-order valence-electron chi connectivity index (χ3n) is 3.55. The van der Waals surface area contributed by atoms with Crippen LogP contribution in [-0.4, -0.2) is 49.5 Å². The summed E-state index contributed by atoms with van der Waals surface area (Å²) in [4.78, 5) is 11.4. The van der Waals surface area contributed by atoms with E-state index in [1.165, 1.54) is 0 Å². The Bertz CT molecular complexity index is 598. The Labute approximate surface area is 124 Å². The number of hydrogen-bond donors (Lipinski definition) is 2. The highest BCUT2D eigenvalue weighted by Gasteiger charge is 2.37. The molecule has 21 heavy (non-hydrogen) atoms. The van der Waals surface area contributed by atoms with Gasteiger partial charge < -0.3 is 10.4 Å². The topological polar surface area (TPSA) is 86.7 Å². The Morgan fingerprint density at radius 3 is 2.62 bits per heavy atom. The highest BCUT2D eigenvalue weighted by atomic mass is 32.2. The Balaban J connectivity index is 2.29. The van der Waals surface area contributed by atoms with Crippen molar-refractivity contribution in [2.45, 2.75) is 30.7 Å². The molecule has 1 heterocycles. The predicted octanol–water partition coefficient (Wildman–Crippen LogP) is 0.686. The minimum Gasteiger partial charge on any atom is -0.480 e. The highest BCUT2D eigenvalue weighted by Crippen LogP contribution is 2.20. The van der Waals surface area contributed by atoms with E-state index in [1.807, 2.05) is 0 Å². The summed E-state index contributed by atoms with van der Waals surface area (Å²) in [7, 11) is -3.78. The number of rotatable bonds is 5. The largest absolute Gasteiger partial charge is 0.480 e. The fourth-order valence-corrected chi connectivity index (χ4v) is 4.02. The van der Waals surface area contributed by atoms with Crippen LogP contribution in [0.4, 0.5) is 0 Å². The van der Waals surface area contributed by atoms with Crippen LogP contribution in [0, 0.1) is 0 Å². The minimum atomic E-state index is -3.78. The van der Waals surface area contributed by atoms with Crippen LogP contribution in [0.1, 0.15) is 18.9 Å². The van der Waals surface area contributed by atoms with Crippen molar-refractivity contribution in [1.29, 1.82) is 0 Å². The average Bonchev–Trinajstić information content (AvgIpc) is 2.48. The molecule has 7 heteroatoms. The van der Waals surface area contributed by atoms with Gasteiger partial charge in [-0.3, -0.25) is 4.79 Å². The van der Waals surface area contributed by atoms with E-state index in [2.05, 4.69) is 12.2 Å². The number of aliphatic carboxylic acids is 1. The van der Waals surface area contributed by atoms with Gasteiger partial charge in [0.05, 0.1) is 4.90 Å². The summed E-state index contributed by atoms with van der Waals surface area (Å²) in [6, 6.07) is 5.63. The zero-order valence-corrected chi connectivity index (χ0v) is 12.8. The van der Waals surface area contributed by atoms with Gasteiger partial charge in [-0.25, -0.2) is 8.42 Å². The number of carboxylic acids is 1. The van der Waals surface area contributed by atoms with E-state index in [0.717, 1.165) is 22.7 Å². The number of sulfonamides is 1. The van der Waals surface area contributed by atoms with Gasteiger partial charge in [0.25, 0.3) is 0 Å². The van der Waals surface area contributed by atoms with Crippen molar-refractivity contribution >= 4 is 16.0 Å². The van der Waals surface area contributed by atoms with E-state index >= 15 is 0 Å². The maximum atomic E-state index is 12.6. The molecule has 1 aromatic rings. The second-order valence-electron chi connectivity index (χ2n) is 5.07. The number of piperazine rings is 1. The predicted molar refractivity (Wildman–Crippen MR) is 78.6 cm³/mol. The molecule has 0 aliphatic carbocycles. The third kappa shape index (κ3) is 3.42. The van der Waals surface area contributed by atoms with Crippen molar-refractivity contribution in [1.82, 2.24) is 9.62 Å². The molecule has 6 nitrogen and oxygen atoms in total. The van der Waals surface area contributed by atoms with E-state index in [9.17, 15) is 18.3 Å². The highest BCUT2D eigenvalue weighted by molar-refractivity contribution is 7.89. The van der Waals surface area contributed by atoms with Crippen molar-refractivity contribution in [2.24, 2.45) is 0 Å². The molecule has 0 saturated carbocycles. The summed E-state index contributed by atoms with van der Waals surface area (Å²) in [6.07, 6.45) is 1.89. The zero-order chi connectivity index (χ0) is 15.5. The third-order valence-corrected chi connectivity index (χ3v) is 5.47. The molecule has 0 radical (unpaired) electrons. The molecule has 2 N–H and O–H groups in total. The lowest BCUT2D eigenvalue weighted by molar-refractivity contribution is -0.141. The molecule has 0 spiro atoms. The van der Waals surface area contributed by atoms with Gasteiger partial charge >= 0.3 is 5.97 Å². The maximum Gasteiger partial charge on any atom is 0.323 e. The lowest BCUT2D eigenvalue weighted by Gasteiger charge is -2.32. The van der Waals surface area contributed by atoms with Gasteiger partial charge in [-0.1, -0.05) is 25.5 Å². The minimum absolute atomic E-state index is 0.127. The second-order valence-corrected chi connectivity index (χ2v) is 6.96. The van der Waals surface area contributed by atoms with Crippen LogP contribution in [0.15, 0.2) is 29.2 Å². The molecule has 116 valence electrons. The number of carboxylic acid groups (broad SMARTS) is 1. The molecule has 2 rings (SSSR count). The van der Waals surface area contributed by atoms with Gasteiger partial charge in [-0.05, 0) is 24.1 Å². The number of nitrogens with zero attached hydrogens (tertiary/aromatic N) is 1. The van der Waals surface area contributed by atoms with Gasteiger partial charge in [0.15, 0.2) is 0 Å². The first-order valence-electron chi connectivity index (χ1n) is 7.01. The lowest BCUT2D eigenvalue weighted by atomic mass is 10.1. The Hall–Kier alpha value is -1.44. The second kappa shape index (κ2) is 6.55. The van der Waals surface area contributed by atoms with Crippen LogP contribution in [-0.2, 0) is 21.2 Å². The Kier molecular flexibility index (Phi) is 4.97. The summed E-state index contributed by atoms with van der Waals surface area (Å²) in [5.41, 5.74) is 1.08. The number of nitrogens with one attached hydrogen (secondary N) is 1. The first-order chi connectivity index (χ1) is 9.96. The Morgan fingerprint density at radius 2 is 2.05 bits per heavy atom. The summed E-state index contributed by atoms with van der Waals surface area (Å²) in [6.45, 7) is 2.80. The molecule has 0 aromatic heterocycles. The Morgan fingerprint density at radius 1 is 1.38 bits per heavy atom. The lowest BCUT2D eigenvalue weighted by Crippen LogP contribution is -2.56. The monoisotopic (exact) mass is 312 g/mol. The van der Waals surface area contributed by atoms with Crippen molar-refractivity contribution in [2.75, 3.05) is 19.6 Å². The van der Waals surface area contributed by atoms with E-state index in [1.54, 1.807) is 24.3 Å². The molecule has 1 fully saturated rings. The van der Waals surface area contributed by atoms with Gasteiger partial charge in [0.1, 0.15) is 6.04 Å². The summed E-state index contributed by atoms with van der Waals surface area (Å²) in [5, 5.41) is 12.1. The molecule has 1 atom stereocenters. The van der Waals surface area contributed by atoms with Gasteiger partial charge in [-0.2, -0.15) is 4.31 Å². The van der Waals surface area contributed by atoms with E-state index in [-0.39, 0.29) is 18.0 Å². The molecule has 0 amide bonds. The summed E-state index contributed by atoms with van der Waals surface area (Å²) >= 11 is 0. The summed E-state index contributed by atoms with van der Waals surface area (Å²) in [5.74, 6) is -1.13. The molecule has 1 aliphatic heterocycles. The van der Waals surface area contributed by atoms with Crippen LogP contribution in [0.3, 0.4) is 0 Å².